The fourth-order valence-corrected chi connectivity index (χ4v) is 1.02. The minimum Gasteiger partial charge on any atom is -0.464 e. The van der Waals surface area contributed by atoms with Crippen molar-refractivity contribution in [1.82, 2.24) is 0 Å². The molecule has 0 atom stereocenters. The lowest BCUT2D eigenvalue weighted by Gasteiger charge is -1.88. The second kappa shape index (κ2) is 1.99. The molecule has 0 bridgehead atoms. The number of hydrogen-bond acceptors (Lipinski definition) is 3. The van der Waals surface area contributed by atoms with Crippen LogP contribution < -0.4 is 5.63 Å². The molecule has 0 saturated carbocycles. The Labute approximate surface area is 62.2 Å². The van der Waals surface area contributed by atoms with Gasteiger partial charge in [0.15, 0.2) is 0 Å². The molecule has 0 unspecified atom stereocenters. The van der Waals surface area contributed by atoms with Gasteiger partial charge in [0.2, 0.25) is 0 Å². The van der Waals surface area contributed by atoms with E-state index in [1.807, 2.05) is 0 Å². The van der Waals surface area contributed by atoms with Gasteiger partial charge in [0.25, 0.3) is 0 Å². The molecule has 3 nitrogen and oxygen atoms in total. The molecule has 2 rings (SSSR count). The van der Waals surface area contributed by atoms with Crippen molar-refractivity contribution in [2.45, 2.75) is 6.92 Å². The highest BCUT2D eigenvalue weighted by molar-refractivity contribution is 5.75. The molecular weight excluding hydrogens is 144 g/mol. The molecule has 0 radical (unpaired) electrons. The zero-order valence-electron chi connectivity index (χ0n) is 5.96. The molecule has 3 heteroatoms. The van der Waals surface area contributed by atoms with Gasteiger partial charge in [0.1, 0.15) is 16.7 Å². The third-order valence-electron chi connectivity index (χ3n) is 1.50. The normalized spacial score (nSPS) is 10.6. The van der Waals surface area contributed by atoms with E-state index in [0.29, 0.717) is 16.7 Å². The van der Waals surface area contributed by atoms with E-state index < -0.39 is 0 Å². The molecule has 2 aromatic rings. The van der Waals surface area contributed by atoms with E-state index in [1.165, 1.54) is 6.26 Å². The summed E-state index contributed by atoms with van der Waals surface area (Å²) in [4.78, 5) is 11.0. The number of rotatable bonds is 0. The van der Waals surface area contributed by atoms with Gasteiger partial charge in [0.05, 0.1) is 6.26 Å². The first kappa shape index (κ1) is 6.22. The van der Waals surface area contributed by atoms with Crippen molar-refractivity contribution in [3.8, 4) is 0 Å². The summed E-state index contributed by atoms with van der Waals surface area (Å²) in [6, 6.07) is 3.29. The van der Waals surface area contributed by atoms with Crippen molar-refractivity contribution in [1.29, 1.82) is 0 Å². The van der Waals surface area contributed by atoms with Crippen molar-refractivity contribution in [3.05, 3.63) is 34.6 Å². The zero-order valence-corrected chi connectivity index (χ0v) is 5.96. The molecule has 0 aromatic carbocycles. The van der Waals surface area contributed by atoms with Gasteiger partial charge in [-0.3, -0.25) is 0 Å². The molecule has 0 aliphatic heterocycles. The van der Waals surface area contributed by atoms with E-state index in [4.69, 9.17) is 8.83 Å². The van der Waals surface area contributed by atoms with Crippen LogP contribution in [0.3, 0.4) is 0 Å². The Morgan fingerprint density at radius 2 is 2.27 bits per heavy atom. The van der Waals surface area contributed by atoms with Crippen molar-refractivity contribution < 1.29 is 8.83 Å². The van der Waals surface area contributed by atoms with E-state index in [0.717, 1.165) is 0 Å². The molecule has 0 aliphatic rings. The number of furan rings is 1. The lowest BCUT2D eigenvalue weighted by molar-refractivity contribution is 0.485. The minimum atomic E-state index is -0.339. The van der Waals surface area contributed by atoms with Crippen molar-refractivity contribution in [2.24, 2.45) is 0 Å². The van der Waals surface area contributed by atoms with Gasteiger partial charge in [-0.1, -0.05) is 0 Å². The molecule has 56 valence electrons. The number of fused-ring (bicyclic) bond motifs is 1. The van der Waals surface area contributed by atoms with Crippen molar-refractivity contribution in [3.63, 3.8) is 0 Å². The predicted molar refractivity (Wildman–Crippen MR) is 39.5 cm³/mol. The first-order chi connectivity index (χ1) is 5.27. The molecule has 11 heavy (non-hydrogen) atoms. The van der Waals surface area contributed by atoms with Gasteiger partial charge in [-0.25, -0.2) is 4.79 Å². The summed E-state index contributed by atoms with van der Waals surface area (Å²) in [7, 11) is 0. The number of hydrogen-bond donors (Lipinski definition) is 0. The molecule has 0 saturated heterocycles. The smallest absolute Gasteiger partial charge is 0.347 e. The van der Waals surface area contributed by atoms with Gasteiger partial charge >= 0.3 is 5.63 Å². The maximum atomic E-state index is 11.0. The fourth-order valence-electron chi connectivity index (χ4n) is 1.02. The number of aryl methyl sites for hydroxylation is 1. The average Bonchev–Trinajstić information content (AvgIpc) is 2.34. The molecule has 0 N–H and O–H groups in total. The average molecular weight is 150 g/mol. The van der Waals surface area contributed by atoms with Crippen molar-refractivity contribution >= 4 is 11.0 Å². The Morgan fingerprint density at radius 3 is 3.09 bits per heavy atom. The highest BCUT2D eigenvalue weighted by atomic mass is 16.4. The summed E-state index contributed by atoms with van der Waals surface area (Å²) in [5.41, 5.74) is 0.243. The Hall–Kier alpha value is -1.51. The highest BCUT2D eigenvalue weighted by Gasteiger charge is 2.02. The summed E-state index contributed by atoms with van der Waals surface area (Å²) in [6.45, 7) is 1.71. The van der Waals surface area contributed by atoms with Crippen LogP contribution in [0, 0.1) is 6.92 Å². The third kappa shape index (κ3) is 0.852. The minimum absolute atomic E-state index is 0.339. The monoisotopic (exact) mass is 150 g/mol. The Bertz CT molecular complexity index is 436. The van der Waals surface area contributed by atoms with Crippen LogP contribution >= 0.6 is 0 Å². The summed E-state index contributed by atoms with van der Waals surface area (Å²) in [5.74, 6) is 0.567. The standard InChI is InChI=1S/C8H6O3/c1-5-4-7-6(2-3-10-7)8(9)11-5/h2-4H,1H3. The molecule has 0 aliphatic carbocycles. The summed E-state index contributed by atoms with van der Waals surface area (Å²) < 4.78 is 9.85. The van der Waals surface area contributed by atoms with Crippen LogP contribution in [0.15, 0.2) is 32.0 Å². The van der Waals surface area contributed by atoms with E-state index in [2.05, 4.69) is 0 Å². The van der Waals surface area contributed by atoms with Gasteiger partial charge in [-0.2, -0.15) is 0 Å². The molecule has 0 amide bonds. The SMILES string of the molecule is Cc1cc2occc2c(=O)o1. The van der Waals surface area contributed by atoms with Crippen LogP contribution in [0.25, 0.3) is 11.0 Å². The van der Waals surface area contributed by atoms with E-state index in [1.54, 1.807) is 19.1 Å². The molecule has 2 aromatic heterocycles. The second-order valence-corrected chi connectivity index (χ2v) is 2.34. The van der Waals surface area contributed by atoms with Gasteiger partial charge in [-0.15, -0.1) is 0 Å². The van der Waals surface area contributed by atoms with E-state index in [9.17, 15) is 4.79 Å². The molecule has 2 heterocycles. The van der Waals surface area contributed by atoms with Crippen LogP contribution in [-0.2, 0) is 0 Å². The summed E-state index contributed by atoms with van der Waals surface area (Å²) in [6.07, 6.45) is 1.47. The fraction of sp³-hybridized carbons (Fsp3) is 0.125. The van der Waals surface area contributed by atoms with Gasteiger partial charge < -0.3 is 8.83 Å². The summed E-state index contributed by atoms with van der Waals surface area (Å²) in [5, 5.41) is 0.496. The van der Waals surface area contributed by atoms with Crippen LogP contribution in [0.1, 0.15) is 5.76 Å². The summed E-state index contributed by atoms with van der Waals surface area (Å²) >= 11 is 0. The largest absolute Gasteiger partial charge is 0.464 e. The zero-order chi connectivity index (χ0) is 7.84. The Morgan fingerprint density at radius 1 is 1.45 bits per heavy atom. The first-order valence-corrected chi connectivity index (χ1v) is 3.25. The van der Waals surface area contributed by atoms with Crippen LogP contribution in [0.5, 0.6) is 0 Å². The first-order valence-electron chi connectivity index (χ1n) is 3.25. The predicted octanol–water partition coefficient (Wildman–Crippen LogP) is 1.69. The molecule has 0 spiro atoms. The third-order valence-corrected chi connectivity index (χ3v) is 1.50. The highest BCUT2D eigenvalue weighted by Crippen LogP contribution is 2.11. The van der Waals surface area contributed by atoms with Crippen LogP contribution in [0.2, 0.25) is 0 Å². The van der Waals surface area contributed by atoms with E-state index >= 15 is 0 Å². The molecular formula is C8H6O3. The quantitative estimate of drug-likeness (QED) is 0.574. The maximum absolute atomic E-state index is 11.0. The molecule has 0 fully saturated rings. The lowest BCUT2D eigenvalue weighted by atomic mass is 10.3. The van der Waals surface area contributed by atoms with Crippen LogP contribution in [-0.4, -0.2) is 0 Å². The van der Waals surface area contributed by atoms with E-state index in [-0.39, 0.29) is 5.63 Å². The second-order valence-electron chi connectivity index (χ2n) is 2.34. The van der Waals surface area contributed by atoms with Gasteiger partial charge in [-0.05, 0) is 13.0 Å². The van der Waals surface area contributed by atoms with Crippen LogP contribution in [0.4, 0.5) is 0 Å². The maximum Gasteiger partial charge on any atom is 0.347 e. The lowest BCUT2D eigenvalue weighted by Crippen LogP contribution is -1.97. The van der Waals surface area contributed by atoms with Crippen molar-refractivity contribution in [2.75, 3.05) is 0 Å². The Kier molecular flexibility index (Phi) is 1.12. The Balaban J connectivity index is 3.02. The topological polar surface area (TPSA) is 43.4 Å². The van der Waals surface area contributed by atoms with Gasteiger partial charge in [0, 0.05) is 6.07 Å².